The Labute approximate surface area is 102 Å². The van der Waals surface area contributed by atoms with Crippen molar-refractivity contribution in [3.63, 3.8) is 0 Å². The lowest BCUT2D eigenvalue weighted by Crippen LogP contribution is -2.57. The summed E-state index contributed by atoms with van der Waals surface area (Å²) in [6, 6.07) is -0.103. The smallest absolute Gasteiger partial charge is 0.315 e. The summed E-state index contributed by atoms with van der Waals surface area (Å²) >= 11 is 1.73. The molecule has 0 saturated heterocycles. The number of amides is 2. The number of urea groups is 1. The van der Waals surface area contributed by atoms with Crippen molar-refractivity contribution in [1.29, 1.82) is 0 Å². The van der Waals surface area contributed by atoms with Gasteiger partial charge in [-0.25, -0.2) is 4.79 Å². The van der Waals surface area contributed by atoms with Gasteiger partial charge in [-0.3, -0.25) is 0 Å². The third-order valence-corrected chi connectivity index (χ3v) is 4.20. The summed E-state index contributed by atoms with van der Waals surface area (Å²) in [5.41, 5.74) is -0.137. The fraction of sp³-hybridized carbons (Fsp3) is 0.909. The number of nitrogens with one attached hydrogen (secondary N) is 2. The Bertz CT molecular complexity index is 232. The molecular weight excluding hydrogens is 224 g/mol. The maximum absolute atomic E-state index is 11.6. The van der Waals surface area contributed by atoms with Crippen LogP contribution in [0.25, 0.3) is 0 Å². The molecule has 1 aliphatic carbocycles. The first-order valence-electron chi connectivity index (χ1n) is 5.81. The summed E-state index contributed by atoms with van der Waals surface area (Å²) in [6.07, 6.45) is 5.81. The van der Waals surface area contributed by atoms with Crippen LogP contribution in [0.4, 0.5) is 4.79 Å². The SMILES string of the molecule is CSC(C)CNC(=O)NC1(CCO)CCC1. The van der Waals surface area contributed by atoms with E-state index in [4.69, 9.17) is 5.11 Å². The van der Waals surface area contributed by atoms with Crippen molar-refractivity contribution in [2.24, 2.45) is 0 Å². The molecule has 0 heterocycles. The van der Waals surface area contributed by atoms with Crippen LogP contribution >= 0.6 is 11.8 Å². The lowest BCUT2D eigenvalue weighted by atomic mass is 9.74. The molecule has 1 saturated carbocycles. The molecule has 94 valence electrons. The van der Waals surface area contributed by atoms with E-state index in [-0.39, 0.29) is 18.2 Å². The zero-order valence-corrected chi connectivity index (χ0v) is 10.9. The minimum absolute atomic E-state index is 0.103. The summed E-state index contributed by atoms with van der Waals surface area (Å²) in [4.78, 5) is 11.6. The molecule has 3 N–H and O–H groups in total. The molecule has 4 nitrogen and oxygen atoms in total. The predicted molar refractivity (Wildman–Crippen MR) is 67.8 cm³/mol. The van der Waals surface area contributed by atoms with E-state index in [9.17, 15) is 4.79 Å². The molecule has 1 unspecified atom stereocenters. The van der Waals surface area contributed by atoms with Crippen molar-refractivity contribution in [2.45, 2.75) is 43.4 Å². The Morgan fingerprint density at radius 3 is 2.69 bits per heavy atom. The first-order valence-corrected chi connectivity index (χ1v) is 7.10. The molecule has 2 amide bonds. The van der Waals surface area contributed by atoms with E-state index in [1.165, 1.54) is 0 Å². The molecule has 0 aromatic rings. The van der Waals surface area contributed by atoms with Crippen LogP contribution in [0.15, 0.2) is 0 Å². The Kier molecular flexibility index (Phi) is 5.41. The molecule has 1 atom stereocenters. The first-order chi connectivity index (χ1) is 7.62. The minimum atomic E-state index is -0.137. The molecule has 0 aliphatic heterocycles. The van der Waals surface area contributed by atoms with Crippen LogP contribution in [0.5, 0.6) is 0 Å². The van der Waals surface area contributed by atoms with Crippen LogP contribution in [0.1, 0.15) is 32.6 Å². The number of aliphatic hydroxyl groups excluding tert-OH is 1. The molecule has 16 heavy (non-hydrogen) atoms. The summed E-state index contributed by atoms with van der Waals surface area (Å²) in [6.45, 7) is 2.90. The van der Waals surface area contributed by atoms with Crippen molar-refractivity contribution in [2.75, 3.05) is 19.4 Å². The van der Waals surface area contributed by atoms with Crippen molar-refractivity contribution in [3.8, 4) is 0 Å². The van der Waals surface area contributed by atoms with Gasteiger partial charge >= 0.3 is 6.03 Å². The highest BCUT2D eigenvalue weighted by molar-refractivity contribution is 7.99. The van der Waals surface area contributed by atoms with Gasteiger partial charge in [-0.2, -0.15) is 11.8 Å². The van der Waals surface area contributed by atoms with Crippen LogP contribution in [0, 0.1) is 0 Å². The number of hydrogen-bond acceptors (Lipinski definition) is 3. The zero-order valence-electron chi connectivity index (χ0n) is 10.1. The van der Waals surface area contributed by atoms with Crippen LogP contribution in [0.2, 0.25) is 0 Å². The van der Waals surface area contributed by atoms with Gasteiger partial charge < -0.3 is 15.7 Å². The lowest BCUT2D eigenvalue weighted by molar-refractivity contribution is 0.136. The van der Waals surface area contributed by atoms with Crippen LogP contribution in [-0.2, 0) is 0 Å². The molecule has 0 aromatic carbocycles. The average Bonchev–Trinajstić information content (AvgIpc) is 2.23. The van der Waals surface area contributed by atoms with Gasteiger partial charge in [-0.05, 0) is 31.9 Å². The molecular formula is C11H22N2O2S. The van der Waals surface area contributed by atoms with Crippen LogP contribution < -0.4 is 10.6 Å². The molecule has 1 fully saturated rings. The fourth-order valence-corrected chi connectivity index (χ4v) is 2.11. The molecule has 0 radical (unpaired) electrons. The van der Waals surface area contributed by atoms with E-state index in [0.717, 1.165) is 19.3 Å². The predicted octanol–water partition coefficient (Wildman–Crippen LogP) is 1.34. The second-order valence-electron chi connectivity index (χ2n) is 4.49. The number of aliphatic hydroxyl groups is 1. The third-order valence-electron chi connectivity index (χ3n) is 3.23. The summed E-state index contributed by atoms with van der Waals surface area (Å²) < 4.78 is 0. The number of thioether (sulfide) groups is 1. The lowest BCUT2D eigenvalue weighted by Gasteiger charge is -2.42. The third kappa shape index (κ3) is 3.87. The van der Waals surface area contributed by atoms with Gasteiger partial charge in [0, 0.05) is 23.9 Å². The maximum Gasteiger partial charge on any atom is 0.315 e. The second kappa shape index (κ2) is 6.35. The van der Waals surface area contributed by atoms with Crippen molar-refractivity contribution >= 4 is 17.8 Å². The van der Waals surface area contributed by atoms with Gasteiger partial charge in [0.2, 0.25) is 0 Å². The summed E-state index contributed by atoms with van der Waals surface area (Å²) in [7, 11) is 0. The largest absolute Gasteiger partial charge is 0.396 e. The van der Waals surface area contributed by atoms with E-state index in [1.807, 2.05) is 6.26 Å². The molecule has 0 spiro atoms. The quantitative estimate of drug-likeness (QED) is 0.663. The maximum atomic E-state index is 11.6. The van der Waals surface area contributed by atoms with Gasteiger partial charge in [0.25, 0.3) is 0 Å². The number of carbonyl (C=O) groups excluding carboxylic acids is 1. The molecule has 0 bridgehead atoms. The van der Waals surface area contributed by atoms with Crippen LogP contribution in [0.3, 0.4) is 0 Å². The highest BCUT2D eigenvalue weighted by Gasteiger charge is 2.37. The monoisotopic (exact) mass is 246 g/mol. The molecule has 1 aliphatic rings. The summed E-state index contributed by atoms with van der Waals surface area (Å²) in [5.74, 6) is 0. The van der Waals surface area contributed by atoms with E-state index < -0.39 is 0 Å². The highest BCUT2D eigenvalue weighted by atomic mass is 32.2. The van der Waals surface area contributed by atoms with Crippen LogP contribution in [-0.4, -0.2) is 41.3 Å². The topological polar surface area (TPSA) is 61.4 Å². The normalized spacial score (nSPS) is 19.7. The molecule has 5 heteroatoms. The van der Waals surface area contributed by atoms with Gasteiger partial charge in [0.15, 0.2) is 0 Å². The standard InChI is InChI=1S/C11H22N2O2S/c1-9(16-2)8-12-10(15)13-11(6-7-14)4-3-5-11/h9,14H,3-8H2,1-2H3,(H2,12,13,15). The zero-order chi connectivity index (χ0) is 12.0. The number of rotatable bonds is 6. The van der Waals surface area contributed by atoms with E-state index in [1.54, 1.807) is 11.8 Å². The second-order valence-corrected chi connectivity index (χ2v) is 5.76. The van der Waals surface area contributed by atoms with E-state index in [0.29, 0.717) is 18.2 Å². The molecule has 0 aromatic heterocycles. The van der Waals surface area contributed by atoms with Gasteiger partial charge in [-0.15, -0.1) is 0 Å². The van der Waals surface area contributed by atoms with E-state index in [2.05, 4.69) is 17.6 Å². The molecule has 1 rings (SSSR count). The average molecular weight is 246 g/mol. The number of carbonyl (C=O) groups is 1. The Hall–Kier alpha value is -0.420. The van der Waals surface area contributed by atoms with Crippen molar-refractivity contribution in [1.82, 2.24) is 10.6 Å². The highest BCUT2D eigenvalue weighted by Crippen LogP contribution is 2.34. The Morgan fingerprint density at radius 1 is 1.56 bits per heavy atom. The minimum Gasteiger partial charge on any atom is -0.396 e. The van der Waals surface area contributed by atoms with E-state index >= 15 is 0 Å². The Balaban J connectivity index is 2.27. The fourth-order valence-electron chi connectivity index (χ4n) is 1.86. The van der Waals surface area contributed by atoms with Gasteiger partial charge in [0.05, 0.1) is 0 Å². The van der Waals surface area contributed by atoms with Gasteiger partial charge in [0.1, 0.15) is 0 Å². The Morgan fingerprint density at radius 2 is 2.25 bits per heavy atom. The van der Waals surface area contributed by atoms with Crippen molar-refractivity contribution < 1.29 is 9.90 Å². The first kappa shape index (κ1) is 13.6. The van der Waals surface area contributed by atoms with Gasteiger partial charge in [-0.1, -0.05) is 6.92 Å². The number of hydrogen-bond donors (Lipinski definition) is 3. The summed E-state index contributed by atoms with van der Waals surface area (Å²) in [5, 5.41) is 15.2. The van der Waals surface area contributed by atoms with Crippen molar-refractivity contribution in [3.05, 3.63) is 0 Å².